The molecule has 4 nitrogen and oxygen atoms in total. The molecule has 0 heterocycles. The molecule has 21 heavy (non-hydrogen) atoms. The largest absolute Gasteiger partial charge is 0.481 e. The molecule has 0 spiro atoms. The molecule has 0 radical (unpaired) electrons. The number of carboxylic acids is 1. The SMILES string of the molecule is Cc1cc(C)c(NC(=O)CC2(C(=O)O)CCCC2)c(Br)c1. The van der Waals surface area contributed by atoms with Crippen molar-refractivity contribution in [3.05, 3.63) is 27.7 Å². The molecule has 1 aliphatic rings. The molecular formula is C16H20BrNO3. The molecule has 0 unspecified atom stereocenters. The molecule has 1 saturated carbocycles. The Labute approximate surface area is 133 Å². The number of hydrogen-bond acceptors (Lipinski definition) is 2. The molecule has 5 heteroatoms. The van der Waals surface area contributed by atoms with Crippen molar-refractivity contribution in [2.75, 3.05) is 5.32 Å². The van der Waals surface area contributed by atoms with Gasteiger partial charge in [0.25, 0.3) is 0 Å². The van der Waals surface area contributed by atoms with E-state index in [1.807, 2.05) is 26.0 Å². The van der Waals surface area contributed by atoms with Crippen LogP contribution in [0.5, 0.6) is 0 Å². The number of amides is 1. The highest BCUT2D eigenvalue weighted by Gasteiger charge is 2.43. The predicted molar refractivity (Wildman–Crippen MR) is 85.4 cm³/mol. The van der Waals surface area contributed by atoms with E-state index in [1.165, 1.54) is 0 Å². The molecule has 114 valence electrons. The van der Waals surface area contributed by atoms with Crippen molar-refractivity contribution in [2.24, 2.45) is 5.41 Å². The summed E-state index contributed by atoms with van der Waals surface area (Å²) in [5.74, 6) is -1.08. The Balaban J connectivity index is 2.14. The molecule has 0 aliphatic heterocycles. The highest BCUT2D eigenvalue weighted by atomic mass is 79.9. The van der Waals surface area contributed by atoms with Crippen LogP contribution in [0.3, 0.4) is 0 Å². The van der Waals surface area contributed by atoms with E-state index in [-0.39, 0.29) is 12.3 Å². The first kappa shape index (κ1) is 16.0. The molecule has 1 aliphatic carbocycles. The van der Waals surface area contributed by atoms with E-state index >= 15 is 0 Å². The number of aryl methyl sites for hydroxylation is 2. The average molecular weight is 354 g/mol. The summed E-state index contributed by atoms with van der Waals surface area (Å²) < 4.78 is 0.823. The first-order chi connectivity index (χ1) is 9.84. The number of rotatable bonds is 4. The van der Waals surface area contributed by atoms with Crippen molar-refractivity contribution in [3.63, 3.8) is 0 Å². The van der Waals surface area contributed by atoms with Crippen LogP contribution in [0.25, 0.3) is 0 Å². The van der Waals surface area contributed by atoms with Gasteiger partial charge >= 0.3 is 5.97 Å². The van der Waals surface area contributed by atoms with Crippen LogP contribution in [0.4, 0.5) is 5.69 Å². The molecule has 2 N–H and O–H groups in total. The third kappa shape index (κ3) is 3.46. The Morgan fingerprint density at radius 1 is 1.29 bits per heavy atom. The summed E-state index contributed by atoms with van der Waals surface area (Å²) in [7, 11) is 0. The van der Waals surface area contributed by atoms with Crippen LogP contribution in [0, 0.1) is 19.3 Å². The zero-order chi connectivity index (χ0) is 15.6. The predicted octanol–water partition coefficient (Wildman–Crippen LogP) is 4.04. The number of nitrogens with one attached hydrogen (secondary N) is 1. The van der Waals surface area contributed by atoms with Crippen LogP contribution < -0.4 is 5.32 Å². The Morgan fingerprint density at radius 2 is 1.90 bits per heavy atom. The molecule has 1 aromatic rings. The maximum Gasteiger partial charge on any atom is 0.310 e. The summed E-state index contributed by atoms with van der Waals surface area (Å²) in [4.78, 5) is 23.8. The fraction of sp³-hybridized carbons (Fsp3) is 0.500. The van der Waals surface area contributed by atoms with Crippen LogP contribution in [-0.2, 0) is 9.59 Å². The molecule has 1 amide bonds. The van der Waals surface area contributed by atoms with Crippen molar-refractivity contribution in [1.82, 2.24) is 0 Å². The fourth-order valence-electron chi connectivity index (χ4n) is 3.08. The number of halogens is 1. The van der Waals surface area contributed by atoms with Crippen LogP contribution >= 0.6 is 15.9 Å². The van der Waals surface area contributed by atoms with Gasteiger partial charge in [-0.15, -0.1) is 0 Å². The molecule has 0 saturated heterocycles. The Hall–Kier alpha value is -1.36. The summed E-state index contributed by atoms with van der Waals surface area (Å²) >= 11 is 3.45. The highest BCUT2D eigenvalue weighted by Crippen LogP contribution is 2.41. The van der Waals surface area contributed by atoms with Gasteiger partial charge in [0.2, 0.25) is 5.91 Å². The Bertz CT molecular complexity index is 554. The monoisotopic (exact) mass is 353 g/mol. The van der Waals surface area contributed by atoms with Crippen LogP contribution in [0.15, 0.2) is 16.6 Å². The van der Waals surface area contributed by atoms with E-state index in [1.54, 1.807) is 0 Å². The molecule has 1 fully saturated rings. The molecule has 2 rings (SSSR count). The lowest BCUT2D eigenvalue weighted by Gasteiger charge is -2.23. The van der Waals surface area contributed by atoms with Gasteiger partial charge in [-0.25, -0.2) is 0 Å². The molecular weight excluding hydrogens is 334 g/mol. The van der Waals surface area contributed by atoms with Gasteiger partial charge in [-0.1, -0.05) is 18.9 Å². The summed E-state index contributed by atoms with van der Waals surface area (Å²) in [6, 6.07) is 3.92. The summed E-state index contributed by atoms with van der Waals surface area (Å²) in [5.41, 5.74) is 1.92. The van der Waals surface area contributed by atoms with E-state index in [4.69, 9.17) is 0 Å². The van der Waals surface area contributed by atoms with E-state index in [9.17, 15) is 14.7 Å². The van der Waals surface area contributed by atoms with Crippen molar-refractivity contribution >= 4 is 33.5 Å². The standard InChI is InChI=1S/C16H20BrNO3/c1-10-7-11(2)14(12(17)8-10)18-13(19)9-16(15(20)21)5-3-4-6-16/h7-8H,3-6,9H2,1-2H3,(H,18,19)(H,20,21). The van der Waals surface area contributed by atoms with Gasteiger partial charge in [-0.2, -0.15) is 0 Å². The van der Waals surface area contributed by atoms with Gasteiger partial charge in [-0.3, -0.25) is 9.59 Å². The maximum atomic E-state index is 12.3. The lowest BCUT2D eigenvalue weighted by atomic mass is 9.82. The third-order valence-corrected chi connectivity index (χ3v) is 4.83. The van der Waals surface area contributed by atoms with Crippen LogP contribution in [0.2, 0.25) is 0 Å². The quantitative estimate of drug-likeness (QED) is 0.858. The minimum Gasteiger partial charge on any atom is -0.481 e. The van der Waals surface area contributed by atoms with E-state index < -0.39 is 11.4 Å². The Morgan fingerprint density at radius 3 is 2.43 bits per heavy atom. The van der Waals surface area contributed by atoms with E-state index in [0.717, 1.165) is 34.1 Å². The normalized spacial score (nSPS) is 16.7. The molecule has 0 atom stereocenters. The highest BCUT2D eigenvalue weighted by molar-refractivity contribution is 9.10. The number of anilines is 1. The van der Waals surface area contributed by atoms with Gasteiger partial charge < -0.3 is 10.4 Å². The number of hydrogen-bond donors (Lipinski definition) is 2. The van der Waals surface area contributed by atoms with Gasteiger partial charge in [0.05, 0.1) is 11.1 Å². The zero-order valence-corrected chi connectivity index (χ0v) is 13.9. The second-order valence-electron chi connectivity index (χ2n) is 5.96. The number of carbonyl (C=O) groups excluding carboxylic acids is 1. The summed E-state index contributed by atoms with van der Waals surface area (Å²) in [6.45, 7) is 3.91. The van der Waals surface area contributed by atoms with Crippen molar-refractivity contribution in [1.29, 1.82) is 0 Å². The lowest BCUT2D eigenvalue weighted by Crippen LogP contribution is -2.32. The number of carboxylic acid groups (broad SMARTS) is 1. The van der Waals surface area contributed by atoms with Crippen molar-refractivity contribution in [2.45, 2.75) is 46.0 Å². The Kier molecular flexibility index (Phi) is 4.71. The second-order valence-corrected chi connectivity index (χ2v) is 6.81. The van der Waals surface area contributed by atoms with Gasteiger partial charge in [0.1, 0.15) is 0 Å². The first-order valence-electron chi connectivity index (χ1n) is 7.14. The molecule has 1 aromatic carbocycles. The number of aliphatic carboxylic acids is 1. The number of benzene rings is 1. The van der Waals surface area contributed by atoms with E-state index in [2.05, 4.69) is 21.2 Å². The average Bonchev–Trinajstić information content (AvgIpc) is 2.83. The minimum absolute atomic E-state index is 0.0437. The van der Waals surface area contributed by atoms with Crippen molar-refractivity contribution < 1.29 is 14.7 Å². The first-order valence-corrected chi connectivity index (χ1v) is 7.93. The van der Waals surface area contributed by atoms with Crippen LogP contribution in [0.1, 0.15) is 43.2 Å². The van der Waals surface area contributed by atoms with Crippen molar-refractivity contribution in [3.8, 4) is 0 Å². The fourth-order valence-corrected chi connectivity index (χ4v) is 3.86. The second kappa shape index (κ2) is 6.18. The minimum atomic E-state index is -0.880. The smallest absolute Gasteiger partial charge is 0.310 e. The number of carbonyl (C=O) groups is 2. The maximum absolute atomic E-state index is 12.3. The molecule has 0 aromatic heterocycles. The van der Waals surface area contributed by atoms with Gasteiger partial charge in [-0.05, 0) is 59.8 Å². The van der Waals surface area contributed by atoms with Gasteiger partial charge in [0, 0.05) is 10.9 Å². The topological polar surface area (TPSA) is 66.4 Å². The third-order valence-electron chi connectivity index (χ3n) is 4.21. The van der Waals surface area contributed by atoms with Crippen LogP contribution in [-0.4, -0.2) is 17.0 Å². The van der Waals surface area contributed by atoms with Gasteiger partial charge in [0.15, 0.2) is 0 Å². The summed E-state index contributed by atoms with van der Waals surface area (Å²) in [6.07, 6.45) is 2.98. The molecule has 0 bridgehead atoms. The van der Waals surface area contributed by atoms with E-state index in [0.29, 0.717) is 12.8 Å². The summed E-state index contributed by atoms with van der Waals surface area (Å²) in [5, 5.41) is 12.3. The lowest BCUT2D eigenvalue weighted by molar-refractivity contribution is -0.150. The zero-order valence-electron chi connectivity index (χ0n) is 12.3.